The first kappa shape index (κ1) is 16.1. The quantitative estimate of drug-likeness (QED) is 0.733. The highest BCUT2D eigenvalue weighted by atomic mass is 19.1. The Balaban J connectivity index is 2.11. The fraction of sp³-hybridized carbons (Fsp3) is 0.222. The molecule has 0 bridgehead atoms. The van der Waals surface area contributed by atoms with Crippen LogP contribution in [0.15, 0.2) is 42.6 Å². The number of halogens is 1. The minimum Gasteiger partial charge on any atom is -0.383 e. The first-order valence-corrected chi connectivity index (χ1v) is 7.59. The Hall–Kier alpha value is -2.73. The maximum atomic E-state index is 13.6. The zero-order valence-corrected chi connectivity index (χ0v) is 13.5. The van der Waals surface area contributed by atoms with Crippen molar-refractivity contribution in [2.75, 3.05) is 20.3 Å². The molecule has 1 N–H and O–H groups in total. The van der Waals surface area contributed by atoms with Crippen LogP contribution in [-0.2, 0) is 11.8 Å². The van der Waals surface area contributed by atoms with E-state index in [1.807, 2.05) is 29.9 Å². The summed E-state index contributed by atoms with van der Waals surface area (Å²) in [7, 11) is 3.47. The van der Waals surface area contributed by atoms with Gasteiger partial charge in [0.1, 0.15) is 5.82 Å². The van der Waals surface area contributed by atoms with E-state index in [1.54, 1.807) is 19.2 Å². The van der Waals surface area contributed by atoms with Crippen molar-refractivity contribution in [2.24, 2.45) is 7.05 Å². The van der Waals surface area contributed by atoms with Crippen LogP contribution < -0.4 is 5.32 Å². The Bertz CT molecular complexity index is 889. The van der Waals surface area contributed by atoms with Crippen molar-refractivity contribution in [1.29, 1.82) is 0 Å². The normalized spacial score (nSPS) is 11.0. The molecule has 2 aromatic heterocycles. The number of carbonyl (C=O) groups excluding carboxylic acids is 1. The Morgan fingerprint density at radius 2 is 2.17 bits per heavy atom. The van der Waals surface area contributed by atoms with Crippen molar-refractivity contribution in [3.8, 4) is 11.4 Å². The van der Waals surface area contributed by atoms with Crippen molar-refractivity contribution in [3.05, 3.63) is 54.0 Å². The van der Waals surface area contributed by atoms with Gasteiger partial charge in [-0.15, -0.1) is 0 Å². The molecular weight excluding hydrogens is 309 g/mol. The first-order valence-electron chi connectivity index (χ1n) is 7.59. The van der Waals surface area contributed by atoms with Gasteiger partial charge in [0.2, 0.25) is 0 Å². The fourth-order valence-electron chi connectivity index (χ4n) is 2.61. The van der Waals surface area contributed by atoms with Crippen LogP contribution in [0.4, 0.5) is 4.39 Å². The number of rotatable bonds is 5. The average molecular weight is 327 g/mol. The standard InChI is InChI=1S/C18H18FN3O2/c1-22-8-3-4-17(22)16-11-14(18(23)20-7-9-24-2)13-10-12(19)5-6-15(13)21-16/h3-6,8,10-11H,7,9H2,1-2H3,(H,20,23). The topological polar surface area (TPSA) is 56.1 Å². The maximum Gasteiger partial charge on any atom is 0.252 e. The number of nitrogens with zero attached hydrogens (tertiary/aromatic N) is 2. The second kappa shape index (κ2) is 6.80. The molecule has 0 radical (unpaired) electrons. The van der Waals surface area contributed by atoms with Crippen LogP contribution in [0, 0.1) is 5.82 Å². The van der Waals surface area contributed by atoms with Crippen molar-refractivity contribution >= 4 is 16.8 Å². The second-order valence-electron chi connectivity index (χ2n) is 5.47. The minimum atomic E-state index is -0.401. The number of hydrogen-bond acceptors (Lipinski definition) is 3. The second-order valence-corrected chi connectivity index (χ2v) is 5.47. The van der Waals surface area contributed by atoms with E-state index < -0.39 is 5.82 Å². The summed E-state index contributed by atoms with van der Waals surface area (Å²) in [5, 5.41) is 3.27. The van der Waals surface area contributed by atoms with E-state index in [1.165, 1.54) is 12.1 Å². The number of carbonyl (C=O) groups is 1. The molecule has 0 aliphatic rings. The van der Waals surface area contributed by atoms with E-state index in [0.29, 0.717) is 35.3 Å². The Morgan fingerprint density at radius 1 is 1.33 bits per heavy atom. The van der Waals surface area contributed by atoms with Crippen molar-refractivity contribution in [1.82, 2.24) is 14.9 Å². The molecule has 6 heteroatoms. The summed E-state index contributed by atoms with van der Waals surface area (Å²) < 4.78 is 20.5. The third kappa shape index (κ3) is 3.14. The molecule has 1 amide bonds. The van der Waals surface area contributed by atoms with Crippen LogP contribution in [0.2, 0.25) is 0 Å². The van der Waals surface area contributed by atoms with Crippen LogP contribution >= 0.6 is 0 Å². The lowest BCUT2D eigenvalue weighted by atomic mass is 10.1. The SMILES string of the molecule is COCCNC(=O)c1cc(-c2cccn2C)nc2ccc(F)cc12. The Labute approximate surface area is 139 Å². The van der Waals surface area contributed by atoms with E-state index in [9.17, 15) is 9.18 Å². The molecular formula is C18H18FN3O2. The van der Waals surface area contributed by atoms with Gasteiger partial charge in [-0.2, -0.15) is 0 Å². The molecule has 5 nitrogen and oxygen atoms in total. The molecule has 124 valence electrons. The number of aryl methyl sites for hydroxylation is 1. The molecule has 0 spiro atoms. The van der Waals surface area contributed by atoms with E-state index in [-0.39, 0.29) is 5.91 Å². The van der Waals surface area contributed by atoms with E-state index in [4.69, 9.17) is 4.74 Å². The molecule has 1 aromatic carbocycles. The molecule has 0 unspecified atom stereocenters. The van der Waals surface area contributed by atoms with Gasteiger partial charge < -0.3 is 14.6 Å². The smallest absolute Gasteiger partial charge is 0.252 e. The van der Waals surface area contributed by atoms with Gasteiger partial charge in [-0.25, -0.2) is 9.37 Å². The summed E-state index contributed by atoms with van der Waals surface area (Å²) in [4.78, 5) is 17.1. The van der Waals surface area contributed by atoms with Gasteiger partial charge in [-0.3, -0.25) is 4.79 Å². The summed E-state index contributed by atoms with van der Waals surface area (Å²) in [6.45, 7) is 0.793. The predicted molar refractivity (Wildman–Crippen MR) is 90.3 cm³/mol. The molecule has 3 aromatic rings. The molecule has 2 heterocycles. The van der Waals surface area contributed by atoms with E-state index >= 15 is 0 Å². The van der Waals surface area contributed by atoms with E-state index in [2.05, 4.69) is 10.3 Å². The van der Waals surface area contributed by atoms with E-state index in [0.717, 1.165) is 5.69 Å². The molecule has 0 saturated heterocycles. The number of pyridine rings is 1. The third-order valence-electron chi connectivity index (χ3n) is 3.81. The first-order chi connectivity index (χ1) is 11.6. The molecule has 3 rings (SSSR count). The van der Waals surface area contributed by atoms with Gasteiger partial charge in [0, 0.05) is 32.3 Å². The maximum absolute atomic E-state index is 13.6. The number of amides is 1. The Kier molecular flexibility index (Phi) is 4.57. The number of ether oxygens (including phenoxy) is 1. The fourth-order valence-corrected chi connectivity index (χ4v) is 2.61. The van der Waals surface area contributed by atoms with Crippen LogP contribution in [0.1, 0.15) is 10.4 Å². The highest BCUT2D eigenvalue weighted by Gasteiger charge is 2.15. The van der Waals surface area contributed by atoms with Gasteiger partial charge in [-0.1, -0.05) is 0 Å². The van der Waals surface area contributed by atoms with Crippen LogP contribution in [0.5, 0.6) is 0 Å². The predicted octanol–water partition coefficient (Wildman–Crippen LogP) is 2.76. The number of benzene rings is 1. The lowest BCUT2D eigenvalue weighted by Gasteiger charge is -2.11. The zero-order valence-electron chi connectivity index (χ0n) is 13.5. The number of aromatic nitrogens is 2. The number of fused-ring (bicyclic) bond motifs is 1. The monoisotopic (exact) mass is 327 g/mol. The van der Waals surface area contributed by atoms with Crippen molar-refractivity contribution < 1.29 is 13.9 Å². The molecule has 0 atom stereocenters. The van der Waals surface area contributed by atoms with Crippen LogP contribution in [0.25, 0.3) is 22.3 Å². The molecule has 0 aliphatic heterocycles. The minimum absolute atomic E-state index is 0.277. The molecule has 0 aliphatic carbocycles. The number of hydrogen-bond donors (Lipinski definition) is 1. The summed E-state index contributed by atoms with van der Waals surface area (Å²) in [5.74, 6) is -0.678. The van der Waals surface area contributed by atoms with Gasteiger partial charge in [0.25, 0.3) is 5.91 Å². The summed E-state index contributed by atoms with van der Waals surface area (Å²) >= 11 is 0. The van der Waals surface area contributed by atoms with Gasteiger partial charge in [-0.05, 0) is 36.4 Å². The Morgan fingerprint density at radius 3 is 2.88 bits per heavy atom. The third-order valence-corrected chi connectivity index (χ3v) is 3.81. The van der Waals surface area contributed by atoms with Gasteiger partial charge >= 0.3 is 0 Å². The molecule has 0 saturated carbocycles. The number of methoxy groups -OCH3 is 1. The van der Waals surface area contributed by atoms with Crippen molar-refractivity contribution in [2.45, 2.75) is 0 Å². The van der Waals surface area contributed by atoms with Gasteiger partial charge in [0.15, 0.2) is 0 Å². The molecule has 0 fully saturated rings. The summed E-state index contributed by atoms with van der Waals surface area (Å²) in [6.07, 6.45) is 1.91. The molecule has 24 heavy (non-hydrogen) atoms. The summed E-state index contributed by atoms with van der Waals surface area (Å²) in [6, 6.07) is 9.79. The van der Waals surface area contributed by atoms with Crippen LogP contribution in [-0.4, -0.2) is 35.7 Å². The average Bonchev–Trinajstić information content (AvgIpc) is 3.00. The highest BCUT2D eigenvalue weighted by Crippen LogP contribution is 2.25. The lowest BCUT2D eigenvalue weighted by molar-refractivity contribution is 0.0938. The van der Waals surface area contributed by atoms with Crippen LogP contribution in [0.3, 0.4) is 0 Å². The zero-order chi connectivity index (χ0) is 17.1. The highest BCUT2D eigenvalue weighted by molar-refractivity contribution is 6.07. The summed E-state index contributed by atoms with van der Waals surface area (Å²) in [5.41, 5.74) is 2.52. The largest absolute Gasteiger partial charge is 0.383 e. The lowest BCUT2D eigenvalue weighted by Crippen LogP contribution is -2.27. The number of nitrogens with one attached hydrogen (secondary N) is 1. The van der Waals surface area contributed by atoms with Gasteiger partial charge in [0.05, 0.1) is 29.1 Å². The van der Waals surface area contributed by atoms with Crippen molar-refractivity contribution in [3.63, 3.8) is 0 Å².